The normalized spacial score (nSPS) is 13.0. The topological polar surface area (TPSA) is 55.8 Å². The predicted octanol–water partition coefficient (Wildman–Crippen LogP) is 6.84. The van der Waals surface area contributed by atoms with Gasteiger partial charge >= 0.3 is 12.1 Å². The number of fused-ring (bicyclic) bond motifs is 1. The molecule has 1 aliphatic rings. The van der Waals surface area contributed by atoms with Gasteiger partial charge in [0.25, 0.3) is 5.91 Å². The molecular weight excluding hydrogens is 515 g/mol. The van der Waals surface area contributed by atoms with E-state index in [1.165, 1.54) is 17.0 Å². The van der Waals surface area contributed by atoms with Crippen molar-refractivity contribution in [2.45, 2.75) is 44.3 Å². The second-order valence-corrected chi connectivity index (χ2v) is 10.0. The molecule has 0 radical (unpaired) electrons. The zero-order valence-corrected chi connectivity index (χ0v) is 22.0. The van der Waals surface area contributed by atoms with Crippen LogP contribution in [0.25, 0.3) is 0 Å². The lowest BCUT2D eigenvalue weighted by Crippen LogP contribution is -2.23. The molecule has 3 aromatic rings. The number of ether oxygens (including phenoxy) is 2. The zero-order valence-electron chi connectivity index (χ0n) is 21.1. The van der Waals surface area contributed by atoms with Crippen LogP contribution >= 0.6 is 11.8 Å². The number of thioether (sulfide) groups is 1. The smallest absolute Gasteiger partial charge is 0.416 e. The van der Waals surface area contributed by atoms with Crippen LogP contribution in [0.5, 0.6) is 5.75 Å². The van der Waals surface area contributed by atoms with Gasteiger partial charge in [-0.2, -0.15) is 13.2 Å². The maximum atomic E-state index is 13.0. The summed E-state index contributed by atoms with van der Waals surface area (Å²) in [7, 11) is 0. The van der Waals surface area contributed by atoms with Crippen molar-refractivity contribution in [3.63, 3.8) is 0 Å². The van der Waals surface area contributed by atoms with Crippen LogP contribution in [0.4, 0.5) is 18.9 Å². The summed E-state index contributed by atoms with van der Waals surface area (Å²) in [6.45, 7) is 4.21. The summed E-state index contributed by atoms with van der Waals surface area (Å²) in [5, 5.41) is 0. The number of hydrogen-bond donors (Lipinski definition) is 0. The molecule has 5 nitrogen and oxygen atoms in total. The second kappa shape index (κ2) is 11.9. The van der Waals surface area contributed by atoms with E-state index in [4.69, 9.17) is 9.47 Å². The Kier molecular flexibility index (Phi) is 8.66. The van der Waals surface area contributed by atoms with Crippen LogP contribution in [0.3, 0.4) is 0 Å². The van der Waals surface area contributed by atoms with E-state index in [-0.39, 0.29) is 12.5 Å². The fourth-order valence-electron chi connectivity index (χ4n) is 4.34. The standard InChI is InChI=1S/C29H28F3NO4S/c1-3-36-27(34)18-37-26-14-13-23(16-19(26)2)38-15-5-7-20-6-4-8-24-25(20)17-33(28(24)35)22-11-9-21(10-12-22)29(30,31)32/h4,6,8-14,16H,3,5,7,15,17-18H2,1-2H3. The van der Waals surface area contributed by atoms with E-state index in [1.807, 2.05) is 37.3 Å². The summed E-state index contributed by atoms with van der Waals surface area (Å²) in [4.78, 5) is 27.1. The van der Waals surface area contributed by atoms with Gasteiger partial charge in [0, 0.05) is 16.1 Å². The summed E-state index contributed by atoms with van der Waals surface area (Å²) in [6, 6.07) is 16.2. The van der Waals surface area contributed by atoms with Crippen molar-refractivity contribution in [1.29, 1.82) is 0 Å². The summed E-state index contributed by atoms with van der Waals surface area (Å²) < 4.78 is 49.2. The Bertz CT molecular complexity index is 1310. The largest absolute Gasteiger partial charge is 0.482 e. The number of amides is 1. The second-order valence-electron chi connectivity index (χ2n) is 8.85. The van der Waals surface area contributed by atoms with E-state index in [9.17, 15) is 22.8 Å². The van der Waals surface area contributed by atoms with Gasteiger partial charge in [-0.15, -0.1) is 11.8 Å². The number of carbonyl (C=O) groups is 2. The number of aryl methyl sites for hydroxylation is 2. The van der Waals surface area contributed by atoms with Crippen LogP contribution in [0.2, 0.25) is 0 Å². The Hall–Kier alpha value is -3.46. The fraction of sp³-hybridized carbons (Fsp3) is 0.310. The fourth-order valence-corrected chi connectivity index (χ4v) is 5.28. The molecule has 200 valence electrons. The summed E-state index contributed by atoms with van der Waals surface area (Å²) in [5.74, 6) is 0.908. The van der Waals surface area contributed by atoms with Crippen molar-refractivity contribution in [3.8, 4) is 5.75 Å². The highest BCUT2D eigenvalue weighted by molar-refractivity contribution is 7.99. The average molecular weight is 544 g/mol. The van der Waals surface area contributed by atoms with Gasteiger partial charge in [-0.05, 0) is 97.7 Å². The van der Waals surface area contributed by atoms with Gasteiger partial charge in [0.2, 0.25) is 0 Å². The van der Waals surface area contributed by atoms with Crippen molar-refractivity contribution in [2.75, 3.05) is 23.9 Å². The van der Waals surface area contributed by atoms with E-state index >= 15 is 0 Å². The van der Waals surface area contributed by atoms with E-state index in [1.54, 1.807) is 24.8 Å². The van der Waals surface area contributed by atoms with Crippen LogP contribution in [0, 0.1) is 6.92 Å². The molecule has 0 saturated heterocycles. The van der Waals surface area contributed by atoms with Crippen molar-refractivity contribution in [2.24, 2.45) is 0 Å². The van der Waals surface area contributed by atoms with Crippen molar-refractivity contribution in [3.05, 3.63) is 88.5 Å². The molecule has 0 saturated carbocycles. The number of rotatable bonds is 10. The monoisotopic (exact) mass is 543 g/mol. The van der Waals surface area contributed by atoms with E-state index < -0.39 is 17.7 Å². The van der Waals surface area contributed by atoms with Crippen LogP contribution in [-0.2, 0) is 28.7 Å². The maximum Gasteiger partial charge on any atom is 0.416 e. The number of alkyl halides is 3. The Balaban J connectivity index is 1.32. The molecule has 0 aromatic heterocycles. The van der Waals surface area contributed by atoms with Crippen molar-refractivity contribution >= 4 is 29.3 Å². The maximum absolute atomic E-state index is 13.0. The Morgan fingerprint density at radius 2 is 1.84 bits per heavy atom. The molecule has 4 rings (SSSR count). The molecule has 1 amide bonds. The predicted molar refractivity (Wildman–Crippen MR) is 141 cm³/mol. The first-order chi connectivity index (χ1) is 18.2. The van der Waals surface area contributed by atoms with Crippen LogP contribution < -0.4 is 9.64 Å². The highest BCUT2D eigenvalue weighted by Crippen LogP contribution is 2.34. The summed E-state index contributed by atoms with van der Waals surface area (Å²) in [5.41, 5.74) is 3.25. The number of nitrogens with zero attached hydrogens (tertiary/aromatic N) is 1. The molecule has 1 aliphatic heterocycles. The number of hydrogen-bond acceptors (Lipinski definition) is 5. The minimum absolute atomic E-state index is 0.124. The van der Waals surface area contributed by atoms with Crippen molar-refractivity contribution < 1.29 is 32.2 Å². The molecule has 38 heavy (non-hydrogen) atoms. The quantitative estimate of drug-likeness (QED) is 0.159. The summed E-state index contributed by atoms with van der Waals surface area (Å²) >= 11 is 1.71. The number of anilines is 1. The van der Waals surface area contributed by atoms with Crippen molar-refractivity contribution in [1.82, 2.24) is 0 Å². The zero-order chi connectivity index (χ0) is 27.3. The minimum atomic E-state index is -4.42. The first-order valence-corrected chi connectivity index (χ1v) is 13.3. The first kappa shape index (κ1) is 27.6. The molecule has 9 heteroatoms. The molecular formula is C29H28F3NO4S. The lowest BCUT2D eigenvalue weighted by molar-refractivity contribution is -0.145. The molecule has 0 unspecified atom stereocenters. The lowest BCUT2D eigenvalue weighted by atomic mass is 10.00. The third kappa shape index (κ3) is 6.51. The van der Waals surface area contributed by atoms with Crippen LogP contribution in [0.15, 0.2) is 65.6 Å². The average Bonchev–Trinajstić information content (AvgIpc) is 3.23. The third-order valence-electron chi connectivity index (χ3n) is 6.23. The van der Waals surface area contributed by atoms with Gasteiger partial charge < -0.3 is 14.4 Å². The highest BCUT2D eigenvalue weighted by atomic mass is 32.2. The molecule has 0 atom stereocenters. The number of halogens is 3. The third-order valence-corrected chi connectivity index (χ3v) is 7.31. The summed E-state index contributed by atoms with van der Waals surface area (Å²) in [6.07, 6.45) is -2.75. The van der Waals surface area contributed by atoms with Gasteiger partial charge in [0.05, 0.1) is 18.7 Å². The van der Waals surface area contributed by atoms with Gasteiger partial charge in [-0.1, -0.05) is 12.1 Å². The first-order valence-electron chi connectivity index (χ1n) is 12.3. The minimum Gasteiger partial charge on any atom is -0.482 e. The van der Waals surface area contributed by atoms with Crippen LogP contribution in [0.1, 0.15) is 46.0 Å². The highest BCUT2D eigenvalue weighted by Gasteiger charge is 2.32. The molecule has 1 heterocycles. The van der Waals surface area contributed by atoms with Crippen LogP contribution in [-0.4, -0.2) is 30.8 Å². The van der Waals surface area contributed by atoms with E-state index in [2.05, 4.69) is 0 Å². The SMILES string of the molecule is CCOC(=O)COc1ccc(SCCCc2cccc3c2CN(c2ccc(C(F)(F)F)cc2)C3=O)cc1C. The van der Waals surface area contributed by atoms with Gasteiger partial charge in [0.1, 0.15) is 5.75 Å². The Labute approximate surface area is 223 Å². The Morgan fingerprint density at radius 1 is 1.08 bits per heavy atom. The molecule has 0 bridgehead atoms. The number of carbonyl (C=O) groups excluding carboxylic acids is 2. The van der Waals surface area contributed by atoms with E-state index in [0.717, 1.165) is 52.3 Å². The number of esters is 1. The Morgan fingerprint density at radius 3 is 2.53 bits per heavy atom. The number of benzene rings is 3. The van der Waals surface area contributed by atoms with Gasteiger partial charge in [-0.25, -0.2) is 4.79 Å². The van der Waals surface area contributed by atoms with Gasteiger partial charge in [0.15, 0.2) is 6.61 Å². The lowest BCUT2D eigenvalue weighted by Gasteiger charge is -2.17. The molecule has 0 aliphatic carbocycles. The molecule has 0 spiro atoms. The molecule has 3 aromatic carbocycles. The molecule has 0 fully saturated rings. The van der Waals surface area contributed by atoms with E-state index in [0.29, 0.717) is 30.2 Å². The molecule has 0 N–H and O–H groups in total. The van der Waals surface area contributed by atoms with Gasteiger partial charge in [-0.3, -0.25) is 4.79 Å².